The van der Waals surface area contributed by atoms with Gasteiger partial charge in [-0.2, -0.15) is 0 Å². The molecule has 0 spiro atoms. The predicted molar refractivity (Wildman–Crippen MR) is 204 cm³/mol. The number of rotatable bonds is 24. The van der Waals surface area contributed by atoms with Crippen LogP contribution < -0.4 is 55.3 Å². The van der Waals surface area contributed by atoms with Crippen molar-refractivity contribution in [1.29, 1.82) is 0 Å². The van der Waals surface area contributed by atoms with Gasteiger partial charge in [0.2, 0.25) is 29.5 Å². The summed E-state index contributed by atoms with van der Waals surface area (Å²) in [7, 11) is 0. The molecule has 0 bridgehead atoms. The van der Waals surface area contributed by atoms with E-state index in [2.05, 4.69) is 36.6 Å². The number of carbonyl (C=O) groups excluding carboxylic acids is 5. The van der Waals surface area contributed by atoms with Crippen molar-refractivity contribution in [2.75, 3.05) is 13.1 Å². The molecule has 8 atom stereocenters. The maximum Gasteiger partial charge on any atom is 0.325 e. The highest BCUT2D eigenvalue weighted by molar-refractivity contribution is 5.96. The van der Waals surface area contributed by atoms with Crippen LogP contribution in [0.4, 0.5) is 0 Å². The quantitative estimate of drug-likeness (QED) is 0.0273. The first-order valence-electron chi connectivity index (χ1n) is 17.8. The van der Waals surface area contributed by atoms with Gasteiger partial charge in [-0.3, -0.25) is 38.8 Å². The maximum atomic E-state index is 13.9. The number of hydrogen-bond donors (Lipinski definition) is 13. The topological polar surface area (TPSA) is 378 Å². The van der Waals surface area contributed by atoms with Crippen LogP contribution in [-0.4, -0.2) is 118 Å². The number of aliphatic carboxylic acids is 1. The molecule has 0 aromatic heterocycles. The summed E-state index contributed by atoms with van der Waals surface area (Å²) in [5.74, 6) is -6.28. The number of carboxylic acids is 1. The van der Waals surface area contributed by atoms with Gasteiger partial charge in [0, 0.05) is 19.5 Å². The molecule has 0 heterocycles. The normalized spacial score (nSPS) is 15.2. The van der Waals surface area contributed by atoms with E-state index in [-0.39, 0.29) is 56.4 Å². The molecule has 21 heteroatoms. The molecule has 0 aliphatic rings. The molecule has 18 N–H and O–H groups in total. The molecule has 308 valence electrons. The molecule has 0 radical (unpaired) electrons. The van der Waals surface area contributed by atoms with Crippen molar-refractivity contribution in [3.05, 3.63) is 29.8 Å². The zero-order valence-electron chi connectivity index (χ0n) is 31.7. The van der Waals surface area contributed by atoms with E-state index in [1.54, 1.807) is 13.8 Å². The van der Waals surface area contributed by atoms with Gasteiger partial charge in [0.1, 0.15) is 36.0 Å². The van der Waals surface area contributed by atoms with Crippen LogP contribution in [0.25, 0.3) is 0 Å². The van der Waals surface area contributed by atoms with E-state index in [0.29, 0.717) is 18.4 Å². The lowest BCUT2D eigenvalue weighted by Crippen LogP contribution is -2.62. The number of aliphatic imine (C=N–C) groups is 2. The Labute approximate surface area is 319 Å². The van der Waals surface area contributed by atoms with Crippen molar-refractivity contribution >= 4 is 47.4 Å². The van der Waals surface area contributed by atoms with E-state index in [1.165, 1.54) is 38.1 Å². The van der Waals surface area contributed by atoms with E-state index in [1.807, 2.05) is 0 Å². The molecule has 0 fully saturated rings. The Kier molecular flexibility index (Phi) is 20.5. The van der Waals surface area contributed by atoms with Crippen LogP contribution in [0.15, 0.2) is 34.3 Å². The Bertz CT molecular complexity index is 1500. The van der Waals surface area contributed by atoms with Crippen LogP contribution in [0.1, 0.15) is 65.4 Å². The highest BCUT2D eigenvalue weighted by Gasteiger charge is 2.35. The average molecular weight is 779 g/mol. The summed E-state index contributed by atoms with van der Waals surface area (Å²) in [6, 6.07) is -2.10. The largest absolute Gasteiger partial charge is 0.508 e. The molecule has 0 unspecified atom stereocenters. The Hall–Kier alpha value is -5.70. The Balaban J connectivity index is 3.38. The molecule has 0 saturated carbocycles. The molecular weight excluding hydrogens is 720 g/mol. The highest BCUT2D eigenvalue weighted by atomic mass is 16.4. The number of benzene rings is 1. The van der Waals surface area contributed by atoms with Gasteiger partial charge in [0.15, 0.2) is 11.9 Å². The number of nitrogens with two attached hydrogens (primary N) is 5. The Morgan fingerprint density at radius 2 is 1.18 bits per heavy atom. The van der Waals surface area contributed by atoms with Crippen LogP contribution in [0.3, 0.4) is 0 Å². The number of hydrogen-bond acceptors (Lipinski definition) is 11. The number of carbonyl (C=O) groups is 6. The number of phenols is 1. The monoisotopic (exact) mass is 778 g/mol. The fourth-order valence-electron chi connectivity index (χ4n) is 5.02. The van der Waals surface area contributed by atoms with Gasteiger partial charge < -0.3 is 70.6 Å². The summed E-state index contributed by atoms with van der Waals surface area (Å²) in [4.78, 5) is 86.3. The molecule has 1 aromatic carbocycles. The minimum absolute atomic E-state index is 0.0148. The highest BCUT2D eigenvalue weighted by Crippen LogP contribution is 2.13. The molecule has 55 heavy (non-hydrogen) atoms. The lowest BCUT2D eigenvalue weighted by Gasteiger charge is -2.29. The number of carboxylic acid groups (broad SMARTS) is 1. The van der Waals surface area contributed by atoms with E-state index < -0.39 is 83.8 Å². The first-order valence-corrected chi connectivity index (χ1v) is 17.8. The van der Waals surface area contributed by atoms with Crippen molar-refractivity contribution in [2.24, 2.45) is 44.6 Å². The molecule has 1 aromatic rings. The van der Waals surface area contributed by atoms with Crippen molar-refractivity contribution in [3.63, 3.8) is 0 Å². The second-order valence-electron chi connectivity index (χ2n) is 13.2. The second-order valence-corrected chi connectivity index (χ2v) is 13.2. The third-order valence-electron chi connectivity index (χ3n) is 8.48. The fourth-order valence-corrected chi connectivity index (χ4v) is 5.02. The van der Waals surface area contributed by atoms with Crippen LogP contribution in [-0.2, 0) is 35.2 Å². The van der Waals surface area contributed by atoms with E-state index in [9.17, 15) is 44.1 Å². The van der Waals surface area contributed by atoms with E-state index >= 15 is 0 Å². The zero-order valence-corrected chi connectivity index (χ0v) is 31.7. The number of nitrogens with one attached hydrogen (secondary N) is 5. The SMILES string of the molecule is CC[C@H](C)[C@H](NC(=O)[C@@H](NC(=O)[C@H](Cc1ccc(O)cc1)NC(=O)[C@H](CCCN=C(N)N)NC(=O)[C@@H](N)CCCN=C(N)N)[C@@H](C)O)C(=O)N[C@@H](C)C(=O)O. The van der Waals surface area contributed by atoms with Gasteiger partial charge in [0.05, 0.1) is 12.1 Å². The third kappa shape index (κ3) is 17.8. The Morgan fingerprint density at radius 1 is 0.691 bits per heavy atom. The van der Waals surface area contributed by atoms with Crippen molar-refractivity contribution in [2.45, 2.75) is 109 Å². The number of amides is 5. The molecule has 21 nitrogen and oxygen atoms in total. The number of phenolic OH excluding ortho intramolecular Hbond substituents is 1. The minimum Gasteiger partial charge on any atom is -0.508 e. The van der Waals surface area contributed by atoms with Crippen LogP contribution in [0.2, 0.25) is 0 Å². The van der Waals surface area contributed by atoms with Crippen LogP contribution in [0, 0.1) is 5.92 Å². The van der Waals surface area contributed by atoms with Gasteiger partial charge in [0.25, 0.3) is 0 Å². The molecular formula is C34H58N12O9. The van der Waals surface area contributed by atoms with Crippen LogP contribution in [0.5, 0.6) is 5.75 Å². The summed E-state index contributed by atoms with van der Waals surface area (Å²) in [5, 5.41) is 42.1. The summed E-state index contributed by atoms with van der Waals surface area (Å²) in [5.41, 5.74) is 28.0. The van der Waals surface area contributed by atoms with Gasteiger partial charge in [-0.1, -0.05) is 32.4 Å². The molecule has 1 rings (SSSR count). The molecule has 0 saturated heterocycles. The molecule has 0 aliphatic heterocycles. The first-order chi connectivity index (χ1) is 25.8. The van der Waals surface area contributed by atoms with Crippen molar-refractivity contribution in [3.8, 4) is 5.75 Å². The van der Waals surface area contributed by atoms with Gasteiger partial charge in [-0.15, -0.1) is 0 Å². The maximum absolute atomic E-state index is 13.9. The number of aromatic hydroxyl groups is 1. The summed E-state index contributed by atoms with van der Waals surface area (Å²) in [6.45, 7) is 6.22. The van der Waals surface area contributed by atoms with Crippen molar-refractivity contribution in [1.82, 2.24) is 26.6 Å². The van der Waals surface area contributed by atoms with Crippen LogP contribution >= 0.6 is 0 Å². The zero-order chi connectivity index (χ0) is 41.8. The lowest BCUT2D eigenvalue weighted by atomic mass is 9.97. The summed E-state index contributed by atoms with van der Waals surface area (Å²) in [6.07, 6.45) is -0.493. The number of guanidine groups is 2. The lowest BCUT2D eigenvalue weighted by molar-refractivity contribution is -0.142. The van der Waals surface area contributed by atoms with E-state index in [0.717, 1.165) is 0 Å². The third-order valence-corrected chi connectivity index (χ3v) is 8.48. The summed E-state index contributed by atoms with van der Waals surface area (Å²) >= 11 is 0. The van der Waals surface area contributed by atoms with E-state index in [4.69, 9.17) is 28.7 Å². The van der Waals surface area contributed by atoms with Gasteiger partial charge in [-0.05, 0) is 63.1 Å². The molecule has 5 amide bonds. The Morgan fingerprint density at radius 3 is 1.69 bits per heavy atom. The summed E-state index contributed by atoms with van der Waals surface area (Å²) < 4.78 is 0. The predicted octanol–water partition coefficient (Wildman–Crippen LogP) is -3.68. The second kappa shape index (κ2) is 23.9. The number of aliphatic hydroxyl groups excluding tert-OH is 1. The van der Waals surface area contributed by atoms with Gasteiger partial charge in [-0.25, -0.2) is 0 Å². The first kappa shape index (κ1) is 47.3. The average Bonchev–Trinajstić information content (AvgIpc) is 3.11. The smallest absolute Gasteiger partial charge is 0.325 e. The fraction of sp³-hybridized carbons (Fsp3) is 0.588. The van der Waals surface area contributed by atoms with Crippen molar-refractivity contribution < 1.29 is 44.1 Å². The van der Waals surface area contributed by atoms with Gasteiger partial charge >= 0.3 is 5.97 Å². The number of aliphatic hydroxyl groups is 1. The number of nitrogens with zero attached hydrogens (tertiary/aromatic N) is 2. The minimum atomic E-state index is -1.64. The standard InChI is InChI=1S/C34H58N12O9/c1-5-17(2)25(30(52)42-18(3)32(54)55)45-31(53)26(19(4)47)46-29(51)24(16-20-10-12-21(48)13-11-20)44-28(50)23(9-7-15-41-34(38)39)43-27(49)22(35)8-6-14-40-33(36)37/h10-13,17-19,22-26,47-48H,5-9,14-16,35H2,1-4H3,(H,42,52)(H,43,49)(H,44,50)(H,45,53)(H,46,51)(H,54,55)(H4,36,37,40)(H4,38,39,41)/t17-,18-,19+,22-,23-,24-,25-,26-/m0/s1. The molecule has 0 aliphatic carbocycles.